The van der Waals surface area contributed by atoms with E-state index in [2.05, 4.69) is 4.98 Å². The summed E-state index contributed by atoms with van der Waals surface area (Å²) in [5.41, 5.74) is 2.26. The largest absolute Gasteiger partial charge is 0.436 e. The predicted octanol–water partition coefficient (Wildman–Crippen LogP) is 4.45. The zero-order valence-corrected chi connectivity index (χ0v) is 12.6. The van der Waals surface area contributed by atoms with Gasteiger partial charge in [-0.15, -0.1) is 0 Å². The van der Waals surface area contributed by atoms with Crippen LogP contribution in [-0.2, 0) is 4.79 Å². The highest BCUT2D eigenvalue weighted by molar-refractivity contribution is 5.79. The molecule has 0 unspecified atom stereocenters. The third kappa shape index (κ3) is 3.17. The van der Waals surface area contributed by atoms with Crippen molar-refractivity contribution < 1.29 is 13.9 Å². The van der Waals surface area contributed by atoms with Crippen LogP contribution in [0.3, 0.4) is 0 Å². The zero-order valence-electron chi connectivity index (χ0n) is 12.6. The van der Waals surface area contributed by atoms with Gasteiger partial charge in [-0.05, 0) is 30.2 Å². The Kier molecular flexibility index (Phi) is 3.92. The first-order chi connectivity index (χ1) is 10.6. The van der Waals surface area contributed by atoms with Gasteiger partial charge in [-0.2, -0.15) is 0 Å². The predicted molar refractivity (Wildman–Crippen MR) is 84.5 cm³/mol. The molecule has 0 saturated carbocycles. The zero-order chi connectivity index (χ0) is 15.5. The summed E-state index contributed by atoms with van der Waals surface area (Å²) in [4.78, 5) is 16.2. The van der Waals surface area contributed by atoms with Crippen LogP contribution in [0.2, 0.25) is 0 Å². The molecule has 0 amide bonds. The fourth-order valence-corrected chi connectivity index (χ4v) is 2.18. The number of ether oxygens (including phenoxy) is 1. The summed E-state index contributed by atoms with van der Waals surface area (Å²) in [6.45, 7) is 3.96. The fraction of sp³-hybridized carbons (Fsp3) is 0.222. The molecule has 0 bridgehead atoms. The van der Waals surface area contributed by atoms with Crippen molar-refractivity contribution in [2.75, 3.05) is 0 Å². The third-order valence-corrected chi connectivity index (χ3v) is 3.19. The van der Waals surface area contributed by atoms with Gasteiger partial charge in [0.1, 0.15) is 11.3 Å². The van der Waals surface area contributed by atoms with Crippen molar-refractivity contribution in [3.63, 3.8) is 0 Å². The molecule has 0 saturated heterocycles. The molecule has 4 heteroatoms. The van der Waals surface area contributed by atoms with Gasteiger partial charge in [-0.3, -0.25) is 4.79 Å². The van der Waals surface area contributed by atoms with Crippen molar-refractivity contribution in [1.29, 1.82) is 0 Å². The van der Waals surface area contributed by atoms with E-state index in [0.717, 1.165) is 11.1 Å². The topological polar surface area (TPSA) is 52.3 Å². The molecule has 1 aromatic heterocycles. The van der Waals surface area contributed by atoms with Gasteiger partial charge in [0.25, 0.3) is 0 Å². The summed E-state index contributed by atoms with van der Waals surface area (Å²) in [5, 5.41) is 0. The molecule has 0 aliphatic rings. The molecule has 0 N–H and O–H groups in total. The Balaban J connectivity index is 1.86. The van der Waals surface area contributed by atoms with Gasteiger partial charge in [0.05, 0.1) is 0 Å². The van der Waals surface area contributed by atoms with E-state index >= 15 is 0 Å². The van der Waals surface area contributed by atoms with Crippen molar-refractivity contribution in [2.24, 2.45) is 5.92 Å². The highest BCUT2D eigenvalue weighted by atomic mass is 16.5. The van der Waals surface area contributed by atoms with Crippen LogP contribution in [0.1, 0.15) is 20.3 Å². The van der Waals surface area contributed by atoms with Crippen molar-refractivity contribution in [3.8, 4) is 17.2 Å². The van der Waals surface area contributed by atoms with E-state index < -0.39 is 0 Å². The quantitative estimate of drug-likeness (QED) is 0.527. The van der Waals surface area contributed by atoms with Crippen LogP contribution >= 0.6 is 0 Å². The Hall–Kier alpha value is -2.62. The lowest BCUT2D eigenvalue weighted by Gasteiger charge is -2.05. The third-order valence-electron chi connectivity index (χ3n) is 3.19. The normalized spacial score (nSPS) is 11.0. The van der Waals surface area contributed by atoms with E-state index in [-0.39, 0.29) is 11.9 Å². The number of fused-ring (bicyclic) bond motifs is 1. The van der Waals surface area contributed by atoms with Crippen LogP contribution in [-0.4, -0.2) is 11.0 Å². The number of rotatable bonds is 4. The lowest BCUT2D eigenvalue weighted by Crippen LogP contribution is -2.10. The van der Waals surface area contributed by atoms with Crippen LogP contribution in [0.5, 0.6) is 5.75 Å². The second-order valence-electron chi connectivity index (χ2n) is 5.59. The van der Waals surface area contributed by atoms with Crippen molar-refractivity contribution in [3.05, 3.63) is 48.5 Å². The highest BCUT2D eigenvalue weighted by Crippen LogP contribution is 2.27. The maximum absolute atomic E-state index is 11.7. The molecule has 3 rings (SSSR count). The first-order valence-electron chi connectivity index (χ1n) is 7.28. The van der Waals surface area contributed by atoms with Gasteiger partial charge in [0.15, 0.2) is 5.58 Å². The lowest BCUT2D eigenvalue weighted by molar-refractivity contribution is -0.135. The molecule has 4 nitrogen and oxygen atoms in total. The molecule has 0 atom stereocenters. The minimum Gasteiger partial charge on any atom is -0.436 e. The number of carbonyl (C=O) groups excluding carboxylic acids is 1. The number of hydrogen-bond acceptors (Lipinski definition) is 4. The van der Waals surface area contributed by atoms with Gasteiger partial charge >= 0.3 is 5.97 Å². The van der Waals surface area contributed by atoms with Crippen LogP contribution in [0.25, 0.3) is 22.6 Å². The Morgan fingerprint density at radius 2 is 1.95 bits per heavy atom. The molecule has 0 spiro atoms. The summed E-state index contributed by atoms with van der Waals surface area (Å²) in [5.74, 6) is 1.07. The molecule has 22 heavy (non-hydrogen) atoms. The number of hydrogen-bond donors (Lipinski definition) is 0. The lowest BCUT2D eigenvalue weighted by atomic mass is 10.1. The minimum atomic E-state index is -0.239. The maximum atomic E-state index is 11.7. The standard InChI is InChI=1S/C18H17NO3/c1-12(2)10-17(20)21-14-8-9-15-16(11-14)22-18(19-15)13-6-4-3-5-7-13/h3-9,11-12H,10H2,1-2H3. The van der Waals surface area contributed by atoms with Crippen molar-refractivity contribution in [1.82, 2.24) is 4.98 Å². The summed E-state index contributed by atoms with van der Waals surface area (Å²) < 4.78 is 11.1. The smallest absolute Gasteiger partial charge is 0.311 e. The molecule has 3 aromatic rings. The van der Waals surface area contributed by atoms with Crippen LogP contribution in [0, 0.1) is 5.92 Å². The molecular weight excluding hydrogens is 278 g/mol. The van der Waals surface area contributed by atoms with E-state index in [1.807, 2.05) is 44.2 Å². The molecular formula is C18H17NO3. The number of aromatic nitrogens is 1. The molecule has 2 aromatic carbocycles. The molecule has 1 heterocycles. The second kappa shape index (κ2) is 6.02. The first-order valence-corrected chi connectivity index (χ1v) is 7.28. The average Bonchev–Trinajstić information content (AvgIpc) is 2.90. The SMILES string of the molecule is CC(C)CC(=O)Oc1ccc2nc(-c3ccccc3)oc2c1. The molecule has 112 valence electrons. The van der Waals surface area contributed by atoms with Crippen molar-refractivity contribution in [2.45, 2.75) is 20.3 Å². The first kappa shape index (κ1) is 14.3. The van der Waals surface area contributed by atoms with E-state index in [1.54, 1.807) is 18.2 Å². The summed E-state index contributed by atoms with van der Waals surface area (Å²) in [6, 6.07) is 14.9. The number of esters is 1. The van der Waals surface area contributed by atoms with Crippen LogP contribution < -0.4 is 4.74 Å². The molecule has 0 aliphatic carbocycles. The Labute approximate surface area is 128 Å². The second-order valence-corrected chi connectivity index (χ2v) is 5.59. The molecule has 0 aliphatic heterocycles. The van der Waals surface area contributed by atoms with Crippen LogP contribution in [0.4, 0.5) is 0 Å². The number of oxazole rings is 1. The fourth-order valence-electron chi connectivity index (χ4n) is 2.18. The minimum absolute atomic E-state index is 0.239. The van der Waals surface area contributed by atoms with E-state index in [9.17, 15) is 4.79 Å². The van der Waals surface area contributed by atoms with Gasteiger partial charge in [0.2, 0.25) is 5.89 Å². The average molecular weight is 295 g/mol. The number of carbonyl (C=O) groups is 1. The maximum Gasteiger partial charge on any atom is 0.311 e. The van der Waals surface area contributed by atoms with Crippen molar-refractivity contribution >= 4 is 17.1 Å². The summed E-state index contributed by atoms with van der Waals surface area (Å²) in [6.07, 6.45) is 0.393. The highest BCUT2D eigenvalue weighted by Gasteiger charge is 2.11. The molecule has 0 fully saturated rings. The number of nitrogens with zero attached hydrogens (tertiary/aromatic N) is 1. The molecule has 0 radical (unpaired) electrons. The van der Waals surface area contributed by atoms with Crippen LogP contribution in [0.15, 0.2) is 52.9 Å². The Morgan fingerprint density at radius 3 is 2.68 bits per heavy atom. The Bertz CT molecular complexity index is 790. The monoisotopic (exact) mass is 295 g/mol. The van der Waals surface area contributed by atoms with E-state index in [4.69, 9.17) is 9.15 Å². The van der Waals surface area contributed by atoms with E-state index in [0.29, 0.717) is 23.6 Å². The van der Waals surface area contributed by atoms with Gasteiger partial charge in [0, 0.05) is 18.1 Å². The summed E-state index contributed by atoms with van der Waals surface area (Å²) in [7, 11) is 0. The van der Waals surface area contributed by atoms with Gasteiger partial charge < -0.3 is 9.15 Å². The van der Waals surface area contributed by atoms with Gasteiger partial charge in [-0.25, -0.2) is 4.98 Å². The van der Waals surface area contributed by atoms with Gasteiger partial charge in [-0.1, -0.05) is 32.0 Å². The number of benzene rings is 2. The Morgan fingerprint density at radius 1 is 1.18 bits per heavy atom. The van der Waals surface area contributed by atoms with E-state index in [1.165, 1.54) is 0 Å². The summed E-state index contributed by atoms with van der Waals surface area (Å²) >= 11 is 0.